The normalized spacial score (nSPS) is 38.2. The summed E-state index contributed by atoms with van der Waals surface area (Å²) in [5, 5.41) is 3.64. The molecule has 0 aromatic heterocycles. The van der Waals surface area contributed by atoms with Gasteiger partial charge in [-0.15, -0.1) is 0 Å². The number of rotatable bonds is 2. The molecule has 94 valence electrons. The van der Waals surface area contributed by atoms with Crippen LogP contribution in [0.3, 0.4) is 0 Å². The maximum absolute atomic E-state index is 5.72. The van der Waals surface area contributed by atoms with Gasteiger partial charge in [0.2, 0.25) is 0 Å². The third-order valence-corrected chi connectivity index (χ3v) is 3.81. The van der Waals surface area contributed by atoms with Crippen LogP contribution in [-0.4, -0.2) is 49.3 Å². The lowest BCUT2D eigenvalue weighted by Crippen LogP contribution is -2.44. The molecule has 2 aliphatic heterocycles. The molecule has 2 fully saturated rings. The van der Waals surface area contributed by atoms with Gasteiger partial charge < -0.3 is 15.0 Å². The van der Waals surface area contributed by atoms with Crippen LogP contribution in [0.4, 0.5) is 0 Å². The minimum atomic E-state index is 0.512. The molecule has 3 heteroatoms. The summed E-state index contributed by atoms with van der Waals surface area (Å²) >= 11 is 0. The highest BCUT2D eigenvalue weighted by molar-refractivity contribution is 4.77. The number of hydrogen-bond donors (Lipinski definition) is 1. The quantitative estimate of drug-likeness (QED) is 0.774. The monoisotopic (exact) mass is 226 g/mol. The van der Waals surface area contributed by atoms with E-state index >= 15 is 0 Å². The van der Waals surface area contributed by atoms with E-state index in [9.17, 15) is 0 Å². The molecule has 0 aromatic rings. The van der Waals surface area contributed by atoms with Crippen LogP contribution in [0.15, 0.2) is 0 Å². The molecular formula is C13H26N2O. The van der Waals surface area contributed by atoms with Crippen molar-refractivity contribution >= 4 is 0 Å². The van der Waals surface area contributed by atoms with Crippen molar-refractivity contribution in [1.29, 1.82) is 0 Å². The highest BCUT2D eigenvalue weighted by Crippen LogP contribution is 2.15. The first-order valence-electron chi connectivity index (χ1n) is 6.84. The Kier molecular flexibility index (Phi) is 4.62. The molecule has 0 radical (unpaired) electrons. The Bertz CT molecular complexity index is 192. The maximum Gasteiger partial charge on any atom is 0.0702 e. The van der Waals surface area contributed by atoms with Crippen molar-refractivity contribution in [3.63, 3.8) is 0 Å². The van der Waals surface area contributed by atoms with Gasteiger partial charge in [-0.1, -0.05) is 0 Å². The summed E-state index contributed by atoms with van der Waals surface area (Å²) in [5.74, 6) is 0. The van der Waals surface area contributed by atoms with Crippen LogP contribution in [0, 0.1) is 0 Å². The van der Waals surface area contributed by atoms with Gasteiger partial charge in [-0.05, 0) is 52.6 Å². The Labute approximate surface area is 99.5 Å². The van der Waals surface area contributed by atoms with Gasteiger partial charge in [0.15, 0.2) is 0 Å². The van der Waals surface area contributed by atoms with Crippen LogP contribution in [0.2, 0.25) is 0 Å². The van der Waals surface area contributed by atoms with Crippen LogP contribution in [0.1, 0.15) is 39.5 Å². The Morgan fingerprint density at radius 1 is 1.12 bits per heavy atom. The van der Waals surface area contributed by atoms with E-state index < -0.39 is 0 Å². The summed E-state index contributed by atoms with van der Waals surface area (Å²) in [6.45, 7) is 9.17. The molecule has 0 aliphatic carbocycles. The summed E-state index contributed by atoms with van der Waals surface area (Å²) in [7, 11) is 0. The van der Waals surface area contributed by atoms with Crippen LogP contribution in [-0.2, 0) is 4.74 Å². The van der Waals surface area contributed by atoms with Crippen LogP contribution in [0.5, 0.6) is 0 Å². The molecule has 0 saturated carbocycles. The van der Waals surface area contributed by atoms with Gasteiger partial charge in [0, 0.05) is 25.2 Å². The highest BCUT2D eigenvalue weighted by atomic mass is 16.5. The Morgan fingerprint density at radius 2 is 1.81 bits per heavy atom. The second-order valence-electron chi connectivity index (χ2n) is 5.48. The molecule has 2 rings (SSSR count). The van der Waals surface area contributed by atoms with Crippen LogP contribution >= 0.6 is 0 Å². The highest BCUT2D eigenvalue weighted by Gasteiger charge is 2.21. The van der Waals surface area contributed by atoms with E-state index in [4.69, 9.17) is 4.74 Å². The molecule has 2 heterocycles. The van der Waals surface area contributed by atoms with Gasteiger partial charge in [-0.2, -0.15) is 0 Å². The Balaban J connectivity index is 1.78. The van der Waals surface area contributed by atoms with Crippen molar-refractivity contribution in [1.82, 2.24) is 10.2 Å². The summed E-state index contributed by atoms with van der Waals surface area (Å²) in [6.07, 6.45) is 5.55. The molecule has 1 N–H and O–H groups in total. The molecule has 3 nitrogen and oxygen atoms in total. The van der Waals surface area contributed by atoms with Crippen molar-refractivity contribution in [3.8, 4) is 0 Å². The van der Waals surface area contributed by atoms with E-state index in [1.807, 2.05) is 0 Å². The predicted molar refractivity (Wildman–Crippen MR) is 66.7 cm³/mol. The minimum Gasteiger partial charge on any atom is -0.377 e. The maximum atomic E-state index is 5.72. The molecular weight excluding hydrogens is 200 g/mol. The minimum absolute atomic E-state index is 0.512. The van der Waals surface area contributed by atoms with Crippen LogP contribution < -0.4 is 5.32 Å². The first-order valence-corrected chi connectivity index (χ1v) is 6.84. The number of nitrogens with zero attached hydrogens (tertiary/aromatic N) is 1. The van der Waals surface area contributed by atoms with Gasteiger partial charge in [0.25, 0.3) is 0 Å². The zero-order valence-corrected chi connectivity index (χ0v) is 10.7. The summed E-state index contributed by atoms with van der Waals surface area (Å²) in [6, 6.07) is 1.31. The standard InChI is InChI=1S/C13H26N2O/c1-11-5-7-15(8-6-12(2)14-11)10-13-4-3-9-16-13/h11-14H,3-10H2,1-2H3. The van der Waals surface area contributed by atoms with Gasteiger partial charge in [0.05, 0.1) is 6.10 Å². The lowest BCUT2D eigenvalue weighted by molar-refractivity contribution is 0.0678. The zero-order chi connectivity index (χ0) is 11.4. The molecule has 0 amide bonds. The first-order chi connectivity index (χ1) is 7.74. The number of hydrogen-bond acceptors (Lipinski definition) is 3. The fraction of sp³-hybridized carbons (Fsp3) is 1.00. The lowest BCUT2D eigenvalue weighted by Gasteiger charge is -2.32. The first kappa shape index (κ1) is 12.3. The van der Waals surface area contributed by atoms with E-state index in [0.29, 0.717) is 18.2 Å². The largest absolute Gasteiger partial charge is 0.377 e. The van der Waals surface area contributed by atoms with Crippen molar-refractivity contribution in [2.45, 2.75) is 57.7 Å². The van der Waals surface area contributed by atoms with E-state index in [1.54, 1.807) is 0 Å². The van der Waals surface area contributed by atoms with Gasteiger partial charge in [-0.3, -0.25) is 0 Å². The molecule has 0 spiro atoms. The second kappa shape index (κ2) is 5.99. The van der Waals surface area contributed by atoms with Crippen molar-refractivity contribution in [2.75, 3.05) is 26.2 Å². The summed E-state index contributed by atoms with van der Waals surface area (Å²) < 4.78 is 5.72. The van der Waals surface area contributed by atoms with Gasteiger partial charge >= 0.3 is 0 Å². The molecule has 2 aliphatic rings. The molecule has 3 atom stereocenters. The van der Waals surface area contributed by atoms with Crippen molar-refractivity contribution in [2.24, 2.45) is 0 Å². The van der Waals surface area contributed by atoms with Crippen LogP contribution in [0.25, 0.3) is 0 Å². The number of nitrogens with one attached hydrogen (secondary N) is 1. The fourth-order valence-electron chi connectivity index (χ4n) is 2.78. The third-order valence-electron chi connectivity index (χ3n) is 3.81. The second-order valence-corrected chi connectivity index (χ2v) is 5.48. The van der Waals surface area contributed by atoms with E-state index in [1.165, 1.54) is 38.8 Å². The topological polar surface area (TPSA) is 24.5 Å². The van der Waals surface area contributed by atoms with E-state index in [0.717, 1.165) is 13.2 Å². The van der Waals surface area contributed by atoms with Gasteiger partial charge in [-0.25, -0.2) is 0 Å². The SMILES string of the molecule is CC1CCN(CC2CCCO2)CCC(C)N1. The molecule has 0 aromatic carbocycles. The number of ether oxygens (including phenoxy) is 1. The molecule has 3 unspecified atom stereocenters. The Hall–Kier alpha value is -0.120. The van der Waals surface area contributed by atoms with E-state index in [-0.39, 0.29) is 0 Å². The fourth-order valence-corrected chi connectivity index (χ4v) is 2.78. The smallest absolute Gasteiger partial charge is 0.0702 e. The van der Waals surface area contributed by atoms with E-state index in [2.05, 4.69) is 24.1 Å². The van der Waals surface area contributed by atoms with Crippen molar-refractivity contribution < 1.29 is 4.74 Å². The lowest BCUT2D eigenvalue weighted by atomic mass is 10.1. The Morgan fingerprint density at radius 3 is 2.38 bits per heavy atom. The van der Waals surface area contributed by atoms with Gasteiger partial charge in [0.1, 0.15) is 0 Å². The summed E-state index contributed by atoms with van der Waals surface area (Å²) in [4.78, 5) is 2.60. The molecule has 0 bridgehead atoms. The van der Waals surface area contributed by atoms with Crippen molar-refractivity contribution in [3.05, 3.63) is 0 Å². The molecule has 2 saturated heterocycles. The predicted octanol–water partition coefficient (Wildman–Crippen LogP) is 1.63. The molecule has 16 heavy (non-hydrogen) atoms. The zero-order valence-electron chi connectivity index (χ0n) is 10.7. The average molecular weight is 226 g/mol. The third kappa shape index (κ3) is 3.72. The summed E-state index contributed by atoms with van der Waals surface area (Å²) in [5.41, 5.74) is 0. The average Bonchev–Trinajstić information content (AvgIpc) is 2.73.